The quantitative estimate of drug-likeness (QED) is 0.650. The van der Waals surface area contributed by atoms with Gasteiger partial charge >= 0.3 is 12.1 Å². The van der Waals surface area contributed by atoms with Crippen LogP contribution >= 0.6 is 11.6 Å². The smallest absolute Gasteiger partial charge is 0.412 e. The minimum Gasteiger partial charge on any atom is -0.463 e. The molecule has 1 rings (SSSR count). The number of carbonyl (C=O) groups is 2. The van der Waals surface area contributed by atoms with E-state index in [1.807, 2.05) is 0 Å². The predicted octanol–water partition coefficient (Wildman–Crippen LogP) is 4.40. The van der Waals surface area contributed by atoms with Crippen molar-refractivity contribution in [2.75, 3.05) is 11.9 Å². The van der Waals surface area contributed by atoms with E-state index >= 15 is 0 Å². The summed E-state index contributed by atoms with van der Waals surface area (Å²) in [5, 5.41) is 2.29. The molecule has 0 saturated heterocycles. The van der Waals surface area contributed by atoms with Crippen LogP contribution in [0, 0.1) is 5.82 Å². The highest BCUT2D eigenvalue weighted by Crippen LogP contribution is 2.27. The second kappa shape index (κ2) is 7.97. The van der Waals surface area contributed by atoms with E-state index in [1.54, 1.807) is 27.7 Å². The lowest BCUT2D eigenvalue weighted by atomic mass is 10.1. The van der Waals surface area contributed by atoms with Crippen molar-refractivity contribution in [3.63, 3.8) is 0 Å². The molecule has 0 bridgehead atoms. The summed E-state index contributed by atoms with van der Waals surface area (Å²) >= 11 is 5.74. The van der Waals surface area contributed by atoms with Gasteiger partial charge < -0.3 is 9.47 Å². The fraction of sp³-hybridized carbons (Fsp3) is 0.375. The second-order valence-electron chi connectivity index (χ2n) is 5.53. The Morgan fingerprint density at radius 3 is 2.57 bits per heavy atom. The summed E-state index contributed by atoms with van der Waals surface area (Å²) in [6.07, 6.45) is 1.50. The zero-order valence-electron chi connectivity index (χ0n) is 13.4. The molecule has 1 N–H and O–H groups in total. The number of benzene rings is 1. The Morgan fingerprint density at radius 1 is 1.35 bits per heavy atom. The summed E-state index contributed by atoms with van der Waals surface area (Å²) in [6.45, 7) is 6.97. The number of nitrogens with one attached hydrogen (secondary N) is 1. The van der Waals surface area contributed by atoms with Gasteiger partial charge in [-0.3, -0.25) is 5.32 Å². The zero-order chi connectivity index (χ0) is 17.6. The van der Waals surface area contributed by atoms with E-state index < -0.39 is 23.5 Å². The number of carbonyl (C=O) groups excluding carboxylic acids is 2. The van der Waals surface area contributed by atoms with Crippen molar-refractivity contribution in [1.29, 1.82) is 0 Å². The van der Waals surface area contributed by atoms with Gasteiger partial charge in [0, 0.05) is 11.6 Å². The van der Waals surface area contributed by atoms with E-state index in [1.165, 1.54) is 18.2 Å². The van der Waals surface area contributed by atoms with Crippen LogP contribution in [0.15, 0.2) is 18.2 Å². The molecule has 1 amide bonds. The van der Waals surface area contributed by atoms with E-state index in [0.29, 0.717) is 0 Å². The fourth-order valence-electron chi connectivity index (χ4n) is 1.59. The molecule has 7 heteroatoms. The van der Waals surface area contributed by atoms with E-state index in [9.17, 15) is 14.0 Å². The largest absolute Gasteiger partial charge is 0.463 e. The van der Waals surface area contributed by atoms with Gasteiger partial charge in [-0.1, -0.05) is 11.6 Å². The molecule has 23 heavy (non-hydrogen) atoms. The van der Waals surface area contributed by atoms with Crippen molar-refractivity contribution in [1.82, 2.24) is 0 Å². The zero-order valence-corrected chi connectivity index (χ0v) is 14.2. The lowest BCUT2D eigenvalue weighted by Crippen LogP contribution is -2.27. The third-order valence-corrected chi connectivity index (χ3v) is 2.73. The average Bonchev–Trinajstić information content (AvgIpc) is 2.40. The first-order chi connectivity index (χ1) is 10.6. The Kier molecular flexibility index (Phi) is 6.57. The summed E-state index contributed by atoms with van der Waals surface area (Å²) in [7, 11) is 0. The molecule has 0 aliphatic carbocycles. The molecule has 0 unspecified atom stereocenters. The standard InChI is InChI=1S/C16H19ClFNO4/c1-5-22-13(20)9-6-10-12(8-7-11(17)14(10)18)19-15(21)23-16(2,3)4/h6-9H,5H2,1-4H3,(H,19,21)/b9-6+. The van der Waals surface area contributed by atoms with E-state index in [-0.39, 0.29) is 22.9 Å². The molecule has 1 aromatic rings. The Morgan fingerprint density at radius 2 is 2.00 bits per heavy atom. The number of hydrogen-bond donors (Lipinski definition) is 1. The number of esters is 1. The van der Waals surface area contributed by atoms with Gasteiger partial charge in [0.1, 0.15) is 5.60 Å². The highest BCUT2D eigenvalue weighted by Gasteiger charge is 2.18. The summed E-state index contributed by atoms with van der Waals surface area (Å²) in [5.41, 5.74) is -0.617. The molecule has 0 saturated carbocycles. The van der Waals surface area contributed by atoms with Crippen LogP contribution in [0.25, 0.3) is 6.08 Å². The first kappa shape index (κ1) is 19.0. The molecule has 0 aromatic heterocycles. The fourth-order valence-corrected chi connectivity index (χ4v) is 1.76. The number of anilines is 1. The van der Waals surface area contributed by atoms with Gasteiger partial charge in [-0.15, -0.1) is 0 Å². The molecule has 0 aliphatic heterocycles. The van der Waals surface area contributed by atoms with Gasteiger partial charge in [0.25, 0.3) is 0 Å². The minimum atomic E-state index is -0.763. The predicted molar refractivity (Wildman–Crippen MR) is 86.9 cm³/mol. The Bertz CT molecular complexity index is 623. The van der Waals surface area contributed by atoms with Crippen LogP contribution in [0.2, 0.25) is 5.02 Å². The van der Waals surface area contributed by atoms with Crippen LogP contribution in [0.3, 0.4) is 0 Å². The highest BCUT2D eigenvalue weighted by molar-refractivity contribution is 6.31. The first-order valence-electron chi connectivity index (χ1n) is 6.97. The normalized spacial score (nSPS) is 11.4. The Hall–Kier alpha value is -2.08. The molecule has 0 atom stereocenters. The van der Waals surface area contributed by atoms with Crippen LogP contribution in [-0.2, 0) is 14.3 Å². The van der Waals surface area contributed by atoms with Crippen LogP contribution in [0.1, 0.15) is 33.3 Å². The SMILES string of the molecule is CCOC(=O)/C=C/c1c(NC(=O)OC(C)(C)C)ccc(Cl)c1F. The number of halogens is 2. The average molecular weight is 344 g/mol. The van der Waals surface area contributed by atoms with E-state index in [2.05, 4.69) is 5.32 Å². The Labute approximate surface area is 139 Å². The van der Waals surface area contributed by atoms with Gasteiger partial charge in [0.05, 0.1) is 17.3 Å². The third-order valence-electron chi connectivity index (χ3n) is 2.44. The van der Waals surface area contributed by atoms with Crippen LogP contribution in [0.5, 0.6) is 0 Å². The van der Waals surface area contributed by atoms with Crippen LogP contribution < -0.4 is 5.32 Å². The summed E-state index contributed by atoms with van der Waals surface area (Å²) < 4.78 is 24.0. The first-order valence-corrected chi connectivity index (χ1v) is 7.34. The lowest BCUT2D eigenvalue weighted by molar-refractivity contribution is -0.137. The molecule has 5 nitrogen and oxygen atoms in total. The minimum absolute atomic E-state index is 0.0450. The summed E-state index contributed by atoms with van der Waals surface area (Å²) in [6, 6.07) is 2.71. The molecule has 0 fully saturated rings. The molecule has 126 valence electrons. The van der Waals surface area contributed by atoms with Crippen molar-refractivity contribution in [2.24, 2.45) is 0 Å². The van der Waals surface area contributed by atoms with Crippen molar-refractivity contribution >= 4 is 35.4 Å². The Balaban J connectivity index is 3.06. The molecular formula is C16H19ClFNO4. The van der Waals surface area contributed by atoms with Gasteiger partial charge in [0.2, 0.25) is 0 Å². The maximum Gasteiger partial charge on any atom is 0.412 e. The van der Waals surface area contributed by atoms with Gasteiger partial charge in [0.15, 0.2) is 5.82 Å². The van der Waals surface area contributed by atoms with Crippen molar-refractivity contribution in [3.05, 3.63) is 34.6 Å². The van der Waals surface area contributed by atoms with Crippen molar-refractivity contribution in [3.8, 4) is 0 Å². The van der Waals surface area contributed by atoms with E-state index in [0.717, 1.165) is 6.08 Å². The molecular weight excluding hydrogens is 325 g/mol. The van der Waals surface area contributed by atoms with Gasteiger partial charge in [-0.05, 0) is 45.9 Å². The van der Waals surface area contributed by atoms with Gasteiger partial charge in [-0.2, -0.15) is 0 Å². The molecule has 0 radical (unpaired) electrons. The van der Waals surface area contributed by atoms with Crippen molar-refractivity contribution in [2.45, 2.75) is 33.3 Å². The van der Waals surface area contributed by atoms with Gasteiger partial charge in [-0.25, -0.2) is 14.0 Å². The van der Waals surface area contributed by atoms with Crippen LogP contribution in [-0.4, -0.2) is 24.3 Å². The third kappa shape index (κ3) is 6.28. The molecule has 1 aromatic carbocycles. The topological polar surface area (TPSA) is 64.6 Å². The van der Waals surface area contributed by atoms with E-state index in [4.69, 9.17) is 21.1 Å². The second-order valence-corrected chi connectivity index (χ2v) is 5.94. The molecule has 0 spiro atoms. The van der Waals surface area contributed by atoms with Crippen LogP contribution in [0.4, 0.5) is 14.9 Å². The van der Waals surface area contributed by atoms with Crippen molar-refractivity contribution < 1.29 is 23.5 Å². The summed E-state index contributed by atoms with van der Waals surface area (Å²) in [4.78, 5) is 23.2. The maximum atomic E-state index is 14.2. The molecule has 0 heterocycles. The number of ether oxygens (including phenoxy) is 2. The number of hydrogen-bond acceptors (Lipinski definition) is 4. The lowest BCUT2D eigenvalue weighted by Gasteiger charge is -2.20. The number of amides is 1. The number of rotatable bonds is 4. The summed E-state index contributed by atoms with van der Waals surface area (Å²) in [5.74, 6) is -1.39. The highest BCUT2D eigenvalue weighted by atomic mass is 35.5. The molecule has 0 aliphatic rings. The maximum absolute atomic E-state index is 14.2. The monoisotopic (exact) mass is 343 g/mol.